The summed E-state index contributed by atoms with van der Waals surface area (Å²) in [4.78, 5) is 13.4. The van der Waals surface area contributed by atoms with Crippen molar-refractivity contribution in [3.05, 3.63) is 29.8 Å². The zero-order valence-electron chi connectivity index (χ0n) is 11.7. The number of carboxylic acid groups (broad SMARTS) is 1. The van der Waals surface area contributed by atoms with Crippen molar-refractivity contribution in [2.75, 3.05) is 13.7 Å². The second kappa shape index (κ2) is 5.61. The van der Waals surface area contributed by atoms with E-state index in [2.05, 4.69) is 11.8 Å². The van der Waals surface area contributed by atoms with Gasteiger partial charge in [-0.05, 0) is 32.9 Å². The Morgan fingerprint density at radius 3 is 2.74 bits per heavy atom. The molecule has 2 rings (SSSR count). The van der Waals surface area contributed by atoms with Crippen LogP contribution in [0.4, 0.5) is 0 Å². The van der Waals surface area contributed by atoms with Gasteiger partial charge in [0.25, 0.3) is 0 Å². The van der Waals surface area contributed by atoms with E-state index in [4.69, 9.17) is 4.74 Å². The first-order valence-electron chi connectivity index (χ1n) is 6.67. The molecular formula is C15H21NO3. The van der Waals surface area contributed by atoms with Crippen molar-refractivity contribution in [2.24, 2.45) is 5.92 Å². The Labute approximate surface area is 114 Å². The number of para-hydroxylation sites is 1. The van der Waals surface area contributed by atoms with Crippen molar-refractivity contribution < 1.29 is 14.6 Å². The third-order valence-electron chi connectivity index (χ3n) is 4.21. The van der Waals surface area contributed by atoms with Crippen molar-refractivity contribution in [1.82, 2.24) is 4.90 Å². The molecule has 104 valence electrons. The molecule has 1 N–H and O–H groups in total. The quantitative estimate of drug-likeness (QED) is 0.907. The van der Waals surface area contributed by atoms with Gasteiger partial charge in [-0.1, -0.05) is 18.2 Å². The highest BCUT2D eigenvalue weighted by Gasteiger charge is 2.38. The van der Waals surface area contributed by atoms with Crippen LogP contribution in [0.15, 0.2) is 24.3 Å². The molecule has 3 unspecified atom stereocenters. The zero-order valence-corrected chi connectivity index (χ0v) is 11.7. The first-order valence-corrected chi connectivity index (χ1v) is 6.67. The second-order valence-corrected chi connectivity index (χ2v) is 5.13. The summed E-state index contributed by atoms with van der Waals surface area (Å²) in [5, 5.41) is 9.20. The number of hydrogen-bond donors (Lipinski definition) is 1. The van der Waals surface area contributed by atoms with E-state index in [-0.39, 0.29) is 18.0 Å². The van der Waals surface area contributed by atoms with Gasteiger partial charge in [0.15, 0.2) is 0 Å². The Hall–Kier alpha value is -1.55. The van der Waals surface area contributed by atoms with Crippen molar-refractivity contribution in [2.45, 2.75) is 32.4 Å². The van der Waals surface area contributed by atoms with Gasteiger partial charge in [-0.2, -0.15) is 0 Å². The highest BCUT2D eigenvalue weighted by Crippen LogP contribution is 2.35. The predicted octanol–water partition coefficient (Wildman–Crippen LogP) is 2.55. The molecule has 1 aliphatic heterocycles. The maximum atomic E-state index is 11.2. The van der Waals surface area contributed by atoms with E-state index in [1.807, 2.05) is 31.2 Å². The number of carboxylic acids is 1. The number of benzene rings is 1. The van der Waals surface area contributed by atoms with Crippen LogP contribution in [-0.4, -0.2) is 35.7 Å². The molecule has 1 saturated heterocycles. The first kappa shape index (κ1) is 13.9. The van der Waals surface area contributed by atoms with Crippen LogP contribution in [0, 0.1) is 5.92 Å². The SMILES string of the molecule is COc1ccccc1C(C)N1CCC(C(=O)O)C1C. The van der Waals surface area contributed by atoms with Crippen LogP contribution in [-0.2, 0) is 4.79 Å². The molecule has 0 aromatic heterocycles. The molecule has 0 amide bonds. The summed E-state index contributed by atoms with van der Waals surface area (Å²) in [5.74, 6) is -0.0969. The Balaban J connectivity index is 2.21. The average molecular weight is 263 g/mol. The number of aliphatic carboxylic acids is 1. The topological polar surface area (TPSA) is 49.8 Å². The van der Waals surface area contributed by atoms with Crippen LogP contribution in [0.3, 0.4) is 0 Å². The monoisotopic (exact) mass is 263 g/mol. The Kier molecular flexibility index (Phi) is 4.10. The summed E-state index contributed by atoms with van der Waals surface area (Å²) in [6, 6.07) is 8.14. The molecule has 1 heterocycles. The van der Waals surface area contributed by atoms with Crippen LogP contribution in [0.1, 0.15) is 31.9 Å². The van der Waals surface area contributed by atoms with Crippen LogP contribution in [0.25, 0.3) is 0 Å². The molecule has 4 heteroatoms. The molecule has 4 nitrogen and oxygen atoms in total. The van der Waals surface area contributed by atoms with Crippen molar-refractivity contribution in [1.29, 1.82) is 0 Å². The molecule has 0 bridgehead atoms. The number of methoxy groups -OCH3 is 1. The maximum Gasteiger partial charge on any atom is 0.308 e. The minimum absolute atomic E-state index is 0.0532. The lowest BCUT2D eigenvalue weighted by Gasteiger charge is -2.30. The fourth-order valence-corrected chi connectivity index (χ4v) is 3.03. The minimum Gasteiger partial charge on any atom is -0.496 e. The molecule has 1 aliphatic rings. The number of ether oxygens (including phenoxy) is 1. The van der Waals surface area contributed by atoms with Gasteiger partial charge in [0, 0.05) is 17.6 Å². The Morgan fingerprint density at radius 2 is 2.16 bits per heavy atom. The van der Waals surface area contributed by atoms with Crippen molar-refractivity contribution in [3.8, 4) is 5.75 Å². The summed E-state index contributed by atoms with van der Waals surface area (Å²) in [5.41, 5.74) is 1.11. The van der Waals surface area contributed by atoms with Crippen LogP contribution in [0.5, 0.6) is 5.75 Å². The molecule has 0 saturated carbocycles. The molecular weight excluding hydrogens is 242 g/mol. The Bertz CT molecular complexity index is 460. The minimum atomic E-state index is -0.692. The molecule has 1 aromatic rings. The molecule has 0 spiro atoms. The number of likely N-dealkylation sites (tertiary alicyclic amines) is 1. The van der Waals surface area contributed by atoms with Gasteiger partial charge in [-0.15, -0.1) is 0 Å². The van der Waals surface area contributed by atoms with Crippen LogP contribution in [0.2, 0.25) is 0 Å². The fourth-order valence-electron chi connectivity index (χ4n) is 3.03. The molecule has 19 heavy (non-hydrogen) atoms. The van der Waals surface area contributed by atoms with E-state index in [9.17, 15) is 9.90 Å². The van der Waals surface area contributed by atoms with E-state index < -0.39 is 5.97 Å². The van der Waals surface area contributed by atoms with E-state index in [0.29, 0.717) is 0 Å². The van der Waals surface area contributed by atoms with Crippen molar-refractivity contribution in [3.63, 3.8) is 0 Å². The number of hydrogen-bond acceptors (Lipinski definition) is 3. The van der Waals surface area contributed by atoms with Gasteiger partial charge in [0.2, 0.25) is 0 Å². The molecule has 1 aromatic carbocycles. The normalized spacial score (nSPS) is 25.2. The number of rotatable bonds is 4. The van der Waals surface area contributed by atoms with Crippen molar-refractivity contribution >= 4 is 5.97 Å². The van der Waals surface area contributed by atoms with Gasteiger partial charge in [0.1, 0.15) is 5.75 Å². The van der Waals surface area contributed by atoms with E-state index in [0.717, 1.165) is 24.3 Å². The van der Waals surface area contributed by atoms with Gasteiger partial charge in [0.05, 0.1) is 13.0 Å². The van der Waals surface area contributed by atoms with E-state index in [1.165, 1.54) is 0 Å². The third-order valence-corrected chi connectivity index (χ3v) is 4.21. The summed E-state index contributed by atoms with van der Waals surface area (Å²) < 4.78 is 5.39. The summed E-state index contributed by atoms with van der Waals surface area (Å²) in [6.45, 7) is 4.92. The van der Waals surface area contributed by atoms with Gasteiger partial charge in [-0.3, -0.25) is 9.69 Å². The highest BCUT2D eigenvalue weighted by atomic mass is 16.5. The average Bonchev–Trinajstić information content (AvgIpc) is 2.80. The van der Waals surface area contributed by atoms with E-state index >= 15 is 0 Å². The Morgan fingerprint density at radius 1 is 1.47 bits per heavy atom. The van der Waals surface area contributed by atoms with Gasteiger partial charge < -0.3 is 9.84 Å². The lowest BCUT2D eigenvalue weighted by molar-refractivity contribution is -0.142. The highest BCUT2D eigenvalue weighted by molar-refractivity contribution is 5.71. The molecule has 0 radical (unpaired) electrons. The lowest BCUT2D eigenvalue weighted by atomic mass is 10.0. The molecule has 0 aliphatic carbocycles. The summed E-state index contributed by atoms with van der Waals surface area (Å²) in [7, 11) is 1.67. The fraction of sp³-hybridized carbons (Fsp3) is 0.533. The predicted molar refractivity (Wildman–Crippen MR) is 73.3 cm³/mol. The summed E-state index contributed by atoms with van der Waals surface area (Å²) in [6.07, 6.45) is 0.718. The van der Waals surface area contributed by atoms with Gasteiger partial charge in [-0.25, -0.2) is 0 Å². The molecule has 3 atom stereocenters. The maximum absolute atomic E-state index is 11.2. The smallest absolute Gasteiger partial charge is 0.308 e. The first-order chi connectivity index (χ1) is 9.06. The summed E-state index contributed by atoms with van der Waals surface area (Å²) >= 11 is 0. The van der Waals surface area contributed by atoms with E-state index in [1.54, 1.807) is 7.11 Å². The standard InChI is InChI=1S/C15H21NO3/c1-10(12-6-4-5-7-14(12)19-3)16-9-8-13(11(16)2)15(17)18/h4-7,10-11,13H,8-9H2,1-3H3,(H,17,18). The third kappa shape index (κ3) is 2.59. The van der Waals surface area contributed by atoms with Gasteiger partial charge >= 0.3 is 5.97 Å². The van der Waals surface area contributed by atoms with Crippen LogP contribution < -0.4 is 4.74 Å². The zero-order chi connectivity index (χ0) is 14.0. The lowest BCUT2D eigenvalue weighted by Crippen LogP contribution is -2.35. The number of nitrogens with zero attached hydrogens (tertiary/aromatic N) is 1. The molecule has 1 fully saturated rings. The largest absolute Gasteiger partial charge is 0.496 e. The van der Waals surface area contributed by atoms with Crippen LogP contribution >= 0.6 is 0 Å². The second-order valence-electron chi connectivity index (χ2n) is 5.13. The number of carbonyl (C=O) groups is 1.